The molecule has 8 nitrogen and oxygen atoms in total. The molecule has 32 heavy (non-hydrogen) atoms. The maximum Gasteiger partial charge on any atom is 0.264 e. The molecule has 4 aromatic rings. The lowest BCUT2D eigenvalue weighted by Crippen LogP contribution is -2.49. The lowest BCUT2D eigenvalue weighted by Gasteiger charge is -2.38. The molecule has 3 N–H and O–H groups in total. The van der Waals surface area contributed by atoms with Crippen LogP contribution in [0.25, 0.3) is 33.1 Å². The number of aromatic amines is 1. The lowest BCUT2D eigenvalue weighted by atomic mass is 9.98. The van der Waals surface area contributed by atoms with Crippen LogP contribution in [0.5, 0.6) is 0 Å². The molecule has 0 saturated carbocycles. The Morgan fingerprint density at radius 2 is 1.81 bits per heavy atom. The number of H-pyrrole nitrogens is 1. The zero-order valence-corrected chi connectivity index (χ0v) is 19.3. The minimum absolute atomic E-state index is 0.107. The van der Waals surface area contributed by atoms with Crippen LogP contribution in [0.15, 0.2) is 23.1 Å². The second kappa shape index (κ2) is 6.97. The molecule has 10 heteroatoms. The number of aromatic nitrogens is 5. The SMILES string of the molecule is Cn1nc2ccc(-c3c[nH]c4nc(N5[C@@H]6CC[C@H]5CC(N)C6)n(C)c(=O)c34)c(Cl)c2c1Cl. The number of halogens is 2. The van der Waals surface area contributed by atoms with E-state index >= 15 is 0 Å². The Kier molecular flexibility index (Phi) is 4.38. The molecule has 0 radical (unpaired) electrons. The van der Waals surface area contributed by atoms with Crippen LogP contribution < -0.4 is 16.2 Å². The number of benzene rings is 1. The van der Waals surface area contributed by atoms with Crippen molar-refractivity contribution in [3.63, 3.8) is 0 Å². The van der Waals surface area contributed by atoms with Gasteiger partial charge in [0.15, 0.2) is 0 Å². The molecule has 0 amide bonds. The van der Waals surface area contributed by atoms with Gasteiger partial charge in [0.05, 0.1) is 21.3 Å². The highest BCUT2D eigenvalue weighted by Crippen LogP contribution is 2.41. The van der Waals surface area contributed by atoms with Gasteiger partial charge in [-0.15, -0.1) is 0 Å². The molecule has 166 valence electrons. The highest BCUT2D eigenvalue weighted by molar-refractivity contribution is 6.43. The summed E-state index contributed by atoms with van der Waals surface area (Å²) in [5.41, 5.74) is 8.82. The summed E-state index contributed by atoms with van der Waals surface area (Å²) < 4.78 is 3.24. The van der Waals surface area contributed by atoms with Gasteiger partial charge in [0.25, 0.3) is 5.56 Å². The van der Waals surface area contributed by atoms with Crippen molar-refractivity contribution >= 4 is 51.1 Å². The van der Waals surface area contributed by atoms with E-state index in [2.05, 4.69) is 15.0 Å². The van der Waals surface area contributed by atoms with Crippen molar-refractivity contribution in [3.05, 3.63) is 38.9 Å². The molecular weight excluding hydrogens is 449 g/mol. The van der Waals surface area contributed by atoms with Gasteiger partial charge in [-0.3, -0.25) is 14.0 Å². The molecule has 3 atom stereocenters. The molecule has 0 aliphatic carbocycles. The van der Waals surface area contributed by atoms with Crippen LogP contribution >= 0.6 is 23.2 Å². The van der Waals surface area contributed by atoms with Gasteiger partial charge in [-0.2, -0.15) is 10.1 Å². The molecule has 1 unspecified atom stereocenters. The van der Waals surface area contributed by atoms with E-state index in [1.807, 2.05) is 12.1 Å². The second-order valence-corrected chi connectivity index (χ2v) is 9.70. The van der Waals surface area contributed by atoms with Gasteiger partial charge >= 0.3 is 0 Å². The molecule has 1 aromatic carbocycles. The van der Waals surface area contributed by atoms with E-state index in [9.17, 15) is 4.79 Å². The summed E-state index contributed by atoms with van der Waals surface area (Å²) in [6, 6.07) is 4.62. The molecule has 0 spiro atoms. The zero-order valence-electron chi connectivity index (χ0n) is 17.8. The first-order valence-corrected chi connectivity index (χ1v) is 11.5. The number of nitrogens with one attached hydrogen (secondary N) is 1. The minimum atomic E-state index is -0.107. The van der Waals surface area contributed by atoms with Crippen molar-refractivity contribution in [2.75, 3.05) is 4.90 Å². The fraction of sp³-hybridized carbons (Fsp3) is 0.409. The third kappa shape index (κ3) is 2.69. The van der Waals surface area contributed by atoms with Gasteiger partial charge < -0.3 is 15.6 Å². The monoisotopic (exact) mass is 471 g/mol. The van der Waals surface area contributed by atoms with E-state index in [0.29, 0.717) is 55.7 Å². The van der Waals surface area contributed by atoms with E-state index in [1.54, 1.807) is 29.5 Å². The van der Waals surface area contributed by atoms with Gasteiger partial charge in [0, 0.05) is 49.5 Å². The van der Waals surface area contributed by atoms with Crippen LogP contribution in [-0.2, 0) is 14.1 Å². The first kappa shape index (κ1) is 20.1. The third-order valence-electron chi connectivity index (χ3n) is 7.05. The van der Waals surface area contributed by atoms with E-state index in [1.165, 1.54) is 0 Å². The van der Waals surface area contributed by atoms with E-state index < -0.39 is 0 Å². The molecule has 2 bridgehead atoms. The highest BCUT2D eigenvalue weighted by Gasteiger charge is 2.41. The number of rotatable bonds is 2. The van der Waals surface area contributed by atoms with Crippen molar-refractivity contribution in [2.45, 2.75) is 43.8 Å². The Morgan fingerprint density at radius 3 is 2.53 bits per heavy atom. The summed E-state index contributed by atoms with van der Waals surface area (Å²) in [7, 11) is 3.56. The van der Waals surface area contributed by atoms with Crippen LogP contribution in [0, 0.1) is 0 Å². The Balaban J connectivity index is 1.53. The normalized spacial score (nSPS) is 23.0. The molecule has 5 heterocycles. The minimum Gasteiger partial charge on any atom is -0.345 e. The molecule has 2 aliphatic heterocycles. The summed E-state index contributed by atoms with van der Waals surface area (Å²) in [6.45, 7) is 0. The number of anilines is 1. The summed E-state index contributed by atoms with van der Waals surface area (Å²) in [5.74, 6) is 0.701. The van der Waals surface area contributed by atoms with Crippen LogP contribution in [0.3, 0.4) is 0 Å². The summed E-state index contributed by atoms with van der Waals surface area (Å²) in [4.78, 5) is 24.0. The maximum absolute atomic E-state index is 13.6. The quantitative estimate of drug-likeness (QED) is 0.465. The molecule has 6 rings (SSSR count). The van der Waals surface area contributed by atoms with Crippen LogP contribution in [0.1, 0.15) is 25.7 Å². The van der Waals surface area contributed by atoms with Crippen molar-refractivity contribution in [1.82, 2.24) is 24.3 Å². The fourth-order valence-corrected chi connectivity index (χ4v) is 6.19. The average molecular weight is 472 g/mol. The summed E-state index contributed by atoms with van der Waals surface area (Å²) in [6.07, 6.45) is 5.83. The largest absolute Gasteiger partial charge is 0.345 e. The van der Waals surface area contributed by atoms with Crippen molar-refractivity contribution in [2.24, 2.45) is 19.8 Å². The number of aryl methyl sites for hydroxylation is 1. The maximum atomic E-state index is 13.6. The average Bonchev–Trinajstić information content (AvgIpc) is 3.38. The lowest BCUT2D eigenvalue weighted by molar-refractivity contribution is 0.405. The standard InChI is InChI=1S/C22H23Cl2N7O/c1-29-21(32)16-14(13-5-6-15-17(18(13)23)19(24)30(2)28-15)9-26-20(16)27-22(29)31-11-3-4-12(31)8-10(25)7-11/h5-6,9-12,26H,3-4,7-8,25H2,1-2H3/t10?,11-,12+. The van der Waals surface area contributed by atoms with Crippen molar-refractivity contribution in [1.29, 1.82) is 0 Å². The van der Waals surface area contributed by atoms with Gasteiger partial charge in [-0.1, -0.05) is 29.3 Å². The Hall–Kier alpha value is -2.55. The second-order valence-electron chi connectivity index (χ2n) is 8.96. The van der Waals surface area contributed by atoms with Gasteiger partial charge in [0.2, 0.25) is 5.95 Å². The zero-order chi connectivity index (χ0) is 22.3. The number of nitrogens with zero attached hydrogens (tertiary/aromatic N) is 5. The molecule has 2 saturated heterocycles. The Morgan fingerprint density at radius 1 is 1.09 bits per heavy atom. The van der Waals surface area contributed by atoms with Gasteiger partial charge in [0.1, 0.15) is 10.8 Å². The molecular formula is C22H23Cl2N7O. The number of hydrogen-bond donors (Lipinski definition) is 2. The fourth-order valence-electron chi connectivity index (χ4n) is 5.56. The number of nitrogens with two attached hydrogens (primary N) is 1. The first-order valence-electron chi connectivity index (χ1n) is 10.8. The van der Waals surface area contributed by atoms with Crippen molar-refractivity contribution in [3.8, 4) is 11.1 Å². The van der Waals surface area contributed by atoms with Gasteiger partial charge in [-0.05, 0) is 31.7 Å². The van der Waals surface area contributed by atoms with Gasteiger partial charge in [-0.25, -0.2) is 0 Å². The number of piperidine rings is 1. The van der Waals surface area contributed by atoms with E-state index in [4.69, 9.17) is 33.9 Å². The summed E-state index contributed by atoms with van der Waals surface area (Å²) in [5, 5.41) is 6.49. The highest BCUT2D eigenvalue weighted by atomic mass is 35.5. The van der Waals surface area contributed by atoms with E-state index in [0.717, 1.165) is 31.2 Å². The number of fused-ring (bicyclic) bond motifs is 4. The Bertz CT molecular complexity index is 1440. The van der Waals surface area contributed by atoms with Crippen molar-refractivity contribution < 1.29 is 0 Å². The summed E-state index contributed by atoms with van der Waals surface area (Å²) >= 11 is 13.2. The smallest absolute Gasteiger partial charge is 0.264 e. The molecule has 2 aliphatic rings. The topological polar surface area (TPSA) is 97.8 Å². The van der Waals surface area contributed by atoms with E-state index in [-0.39, 0.29) is 11.6 Å². The molecule has 3 aromatic heterocycles. The molecule has 2 fully saturated rings. The predicted octanol–water partition coefficient (Wildman–Crippen LogP) is 3.58. The van der Waals surface area contributed by atoms with Crippen LogP contribution in [0.2, 0.25) is 10.2 Å². The van der Waals surface area contributed by atoms with Crippen LogP contribution in [0.4, 0.5) is 5.95 Å². The predicted molar refractivity (Wildman–Crippen MR) is 128 cm³/mol. The Labute approximate surface area is 193 Å². The first-order chi connectivity index (χ1) is 15.3. The third-order valence-corrected chi connectivity index (χ3v) is 7.87. The van der Waals surface area contributed by atoms with Crippen LogP contribution in [-0.4, -0.2) is 42.4 Å². The number of hydrogen-bond acceptors (Lipinski definition) is 5.